The van der Waals surface area contributed by atoms with E-state index in [1.54, 1.807) is 19.9 Å². The van der Waals surface area contributed by atoms with E-state index < -0.39 is 17.9 Å². The van der Waals surface area contributed by atoms with Gasteiger partial charge in [-0.1, -0.05) is 19.0 Å². The Kier molecular flexibility index (Phi) is 5.71. The van der Waals surface area contributed by atoms with Crippen molar-refractivity contribution >= 4 is 23.2 Å². The number of rotatable bonds is 7. The Morgan fingerprint density at radius 1 is 1.38 bits per heavy atom. The molecule has 0 fully saturated rings. The van der Waals surface area contributed by atoms with E-state index in [1.807, 2.05) is 0 Å². The Balaban J connectivity index is 2.09. The zero-order valence-corrected chi connectivity index (χ0v) is 14.9. The minimum absolute atomic E-state index is 0.149. The molecule has 1 amide bonds. The second-order valence-electron chi connectivity index (χ2n) is 5.60. The lowest BCUT2D eigenvalue weighted by molar-refractivity contribution is 0.0700. The van der Waals surface area contributed by atoms with Gasteiger partial charge in [0.15, 0.2) is 0 Å². The number of hydrogen-bond donors (Lipinski definition) is 2. The molecule has 2 heterocycles. The molecule has 2 rings (SSSR count). The number of carboxylic acids is 1. The van der Waals surface area contributed by atoms with Crippen LogP contribution in [-0.4, -0.2) is 27.1 Å². The lowest BCUT2D eigenvalue weighted by Gasteiger charge is -2.09. The van der Waals surface area contributed by atoms with Crippen LogP contribution in [0.4, 0.5) is 0 Å². The largest absolute Gasteiger partial charge is 0.477 e. The number of aromatic nitrogens is 2. The molecule has 8 heteroatoms. The summed E-state index contributed by atoms with van der Waals surface area (Å²) in [7, 11) is 0. The van der Waals surface area contributed by atoms with Gasteiger partial charge in [0.2, 0.25) is 5.76 Å². The number of carbonyl (C=O) groups is 2. The van der Waals surface area contributed by atoms with Gasteiger partial charge in [0.1, 0.15) is 9.88 Å². The lowest BCUT2D eigenvalue weighted by atomic mass is 9.99. The van der Waals surface area contributed by atoms with Crippen LogP contribution in [0, 0.1) is 6.92 Å². The van der Waals surface area contributed by atoms with Crippen molar-refractivity contribution in [1.82, 2.24) is 15.5 Å². The van der Waals surface area contributed by atoms with Crippen LogP contribution in [0.15, 0.2) is 10.6 Å². The van der Waals surface area contributed by atoms with E-state index in [0.717, 1.165) is 29.9 Å². The predicted octanol–water partition coefficient (Wildman–Crippen LogP) is 3.53. The van der Waals surface area contributed by atoms with E-state index in [2.05, 4.69) is 29.3 Å². The first-order valence-electron chi connectivity index (χ1n) is 7.85. The number of hydrogen-bond acceptors (Lipinski definition) is 6. The molecular weight excluding hydrogens is 330 g/mol. The van der Waals surface area contributed by atoms with Crippen LogP contribution in [0.1, 0.15) is 82.2 Å². The standard InChI is InChI=1S/C16H21N3O4S/c1-5-10(6-2)11-7-12(23-19-11)14(20)17-9(4)15-18-8(3)13(24-15)16(21)22/h7,9-10H,5-6H2,1-4H3,(H,17,20)(H,21,22). The average molecular weight is 351 g/mol. The van der Waals surface area contributed by atoms with Crippen LogP contribution < -0.4 is 5.32 Å². The monoisotopic (exact) mass is 351 g/mol. The maximum absolute atomic E-state index is 12.3. The molecule has 0 aliphatic rings. The van der Waals surface area contributed by atoms with Gasteiger partial charge in [0.25, 0.3) is 5.91 Å². The van der Waals surface area contributed by atoms with Gasteiger partial charge in [-0.15, -0.1) is 11.3 Å². The zero-order chi connectivity index (χ0) is 17.9. The van der Waals surface area contributed by atoms with Crippen molar-refractivity contribution in [1.29, 1.82) is 0 Å². The molecule has 1 atom stereocenters. The molecule has 7 nitrogen and oxygen atoms in total. The summed E-state index contributed by atoms with van der Waals surface area (Å²) in [5.74, 6) is -0.986. The van der Waals surface area contributed by atoms with Crippen LogP contribution in [-0.2, 0) is 0 Å². The van der Waals surface area contributed by atoms with Crippen molar-refractivity contribution in [2.75, 3.05) is 0 Å². The molecule has 0 bridgehead atoms. The third-order valence-corrected chi connectivity index (χ3v) is 5.21. The van der Waals surface area contributed by atoms with Gasteiger partial charge in [-0.25, -0.2) is 9.78 Å². The summed E-state index contributed by atoms with van der Waals surface area (Å²) in [6, 6.07) is 1.24. The Hall–Kier alpha value is -2.22. The molecule has 2 N–H and O–H groups in total. The second-order valence-corrected chi connectivity index (χ2v) is 6.63. The predicted molar refractivity (Wildman–Crippen MR) is 89.5 cm³/mol. The number of aryl methyl sites for hydroxylation is 1. The van der Waals surface area contributed by atoms with Crippen molar-refractivity contribution in [3.8, 4) is 0 Å². The van der Waals surface area contributed by atoms with Gasteiger partial charge >= 0.3 is 5.97 Å². The SMILES string of the molecule is CCC(CC)c1cc(C(=O)NC(C)c2nc(C)c(C(=O)O)s2)on1. The third-order valence-electron chi connectivity index (χ3n) is 3.88. The highest BCUT2D eigenvalue weighted by molar-refractivity contribution is 7.13. The number of nitrogens with zero attached hydrogens (tertiary/aromatic N) is 2. The smallest absolute Gasteiger partial charge is 0.347 e. The van der Waals surface area contributed by atoms with E-state index >= 15 is 0 Å². The van der Waals surface area contributed by atoms with Crippen molar-refractivity contribution in [2.45, 2.75) is 52.5 Å². The minimum Gasteiger partial charge on any atom is -0.477 e. The second kappa shape index (κ2) is 7.57. The fraction of sp³-hybridized carbons (Fsp3) is 0.500. The number of carbonyl (C=O) groups excluding carboxylic acids is 1. The molecule has 2 aromatic heterocycles. The van der Waals surface area contributed by atoms with Crippen molar-refractivity contribution in [2.24, 2.45) is 0 Å². The highest BCUT2D eigenvalue weighted by atomic mass is 32.1. The summed E-state index contributed by atoms with van der Waals surface area (Å²) in [6.45, 7) is 7.52. The maximum Gasteiger partial charge on any atom is 0.347 e. The van der Waals surface area contributed by atoms with Crippen LogP contribution in [0.25, 0.3) is 0 Å². The van der Waals surface area contributed by atoms with E-state index in [-0.39, 0.29) is 16.6 Å². The molecule has 0 aliphatic carbocycles. The molecule has 24 heavy (non-hydrogen) atoms. The summed E-state index contributed by atoms with van der Waals surface area (Å²) in [5, 5.41) is 16.4. The van der Waals surface area contributed by atoms with Gasteiger partial charge < -0.3 is 14.9 Å². The van der Waals surface area contributed by atoms with Crippen LogP contribution in [0.2, 0.25) is 0 Å². The quantitative estimate of drug-likeness (QED) is 0.790. The highest BCUT2D eigenvalue weighted by Gasteiger charge is 2.22. The summed E-state index contributed by atoms with van der Waals surface area (Å²) < 4.78 is 5.14. The van der Waals surface area contributed by atoms with Crippen molar-refractivity contribution in [3.05, 3.63) is 33.1 Å². The van der Waals surface area contributed by atoms with Gasteiger partial charge in [0, 0.05) is 12.0 Å². The van der Waals surface area contributed by atoms with Crippen LogP contribution >= 0.6 is 11.3 Å². The Bertz CT molecular complexity index is 734. The van der Waals surface area contributed by atoms with Gasteiger partial charge in [0.05, 0.1) is 17.4 Å². The van der Waals surface area contributed by atoms with Gasteiger partial charge in [-0.05, 0) is 26.7 Å². The summed E-state index contributed by atoms with van der Waals surface area (Å²) >= 11 is 1.06. The normalized spacial score (nSPS) is 12.4. The Labute approximate surface area is 144 Å². The fourth-order valence-corrected chi connectivity index (χ4v) is 3.33. The molecule has 0 saturated carbocycles. The first-order chi connectivity index (χ1) is 11.4. The molecule has 0 aromatic carbocycles. The minimum atomic E-state index is -1.01. The first-order valence-corrected chi connectivity index (χ1v) is 8.67. The van der Waals surface area contributed by atoms with Gasteiger partial charge in [-0.3, -0.25) is 4.79 Å². The zero-order valence-electron chi connectivity index (χ0n) is 14.1. The molecular formula is C16H21N3O4S. The first kappa shape index (κ1) is 18.1. The number of nitrogens with one attached hydrogen (secondary N) is 1. The molecule has 1 unspecified atom stereocenters. The number of aromatic carboxylic acids is 1. The van der Waals surface area contributed by atoms with Crippen LogP contribution in [0.5, 0.6) is 0 Å². The Morgan fingerprint density at radius 3 is 2.58 bits per heavy atom. The van der Waals surface area contributed by atoms with Crippen LogP contribution in [0.3, 0.4) is 0 Å². The third kappa shape index (κ3) is 3.81. The van der Waals surface area contributed by atoms with E-state index in [1.165, 1.54) is 0 Å². The van der Waals surface area contributed by atoms with E-state index in [9.17, 15) is 9.59 Å². The average Bonchev–Trinajstić information content (AvgIpc) is 3.15. The summed E-state index contributed by atoms with van der Waals surface area (Å²) in [6.07, 6.45) is 1.85. The summed E-state index contributed by atoms with van der Waals surface area (Å²) in [4.78, 5) is 27.8. The maximum atomic E-state index is 12.3. The van der Waals surface area contributed by atoms with Crippen molar-refractivity contribution < 1.29 is 19.2 Å². The van der Waals surface area contributed by atoms with Crippen molar-refractivity contribution in [3.63, 3.8) is 0 Å². The number of thiazole rings is 1. The molecule has 0 spiro atoms. The molecule has 0 radical (unpaired) electrons. The summed E-state index contributed by atoms with van der Waals surface area (Å²) in [5.41, 5.74) is 1.22. The van der Waals surface area contributed by atoms with E-state index in [0.29, 0.717) is 10.7 Å². The van der Waals surface area contributed by atoms with E-state index in [4.69, 9.17) is 9.63 Å². The molecule has 0 aliphatic heterocycles. The number of carboxylic acid groups (broad SMARTS) is 1. The molecule has 130 valence electrons. The Morgan fingerprint density at radius 2 is 2.04 bits per heavy atom. The highest BCUT2D eigenvalue weighted by Crippen LogP contribution is 2.25. The molecule has 0 saturated heterocycles. The topological polar surface area (TPSA) is 105 Å². The molecule has 2 aromatic rings. The van der Waals surface area contributed by atoms with Gasteiger partial charge in [-0.2, -0.15) is 0 Å². The lowest BCUT2D eigenvalue weighted by Crippen LogP contribution is -2.26. The fourth-order valence-electron chi connectivity index (χ4n) is 2.43. The number of amides is 1.